The van der Waals surface area contributed by atoms with E-state index in [9.17, 15) is 4.79 Å². The second kappa shape index (κ2) is 5.36. The van der Waals surface area contributed by atoms with E-state index in [1.165, 1.54) is 29.6 Å². The highest BCUT2D eigenvalue weighted by molar-refractivity contribution is 5.71. The molecule has 156 valence electrons. The van der Waals surface area contributed by atoms with Gasteiger partial charge in [-0.15, -0.1) is 0 Å². The Bertz CT molecular complexity index is 1180. The maximum Gasteiger partial charge on any atom is 0.419 e. The molecule has 5 atom stereocenters. The molecule has 0 aromatic carbocycles. The highest BCUT2D eigenvalue weighted by Gasteiger charge is 2.88. The summed E-state index contributed by atoms with van der Waals surface area (Å²) in [6.45, 7) is 5.59. The van der Waals surface area contributed by atoms with Gasteiger partial charge >= 0.3 is 6.09 Å². The van der Waals surface area contributed by atoms with Crippen molar-refractivity contribution in [3.8, 4) is 0 Å². The van der Waals surface area contributed by atoms with Crippen LogP contribution in [-0.4, -0.2) is 59.9 Å². The first-order chi connectivity index (χ1) is 14.3. The standard InChI is InChI=1S/C19H20N6O5/c1-17(2)29-15-18(3,11-5-4-10-14(20)22-8-23-25(10)11)28-13-12(19(13,15)30-17)27-16(26)24-7-6-21-9-24/h4-9,12-13,15H,1-3H3,(H2,20,22,23)/t12?,13-,15+,18+,19-/m1/s1. The molecule has 5 heterocycles. The zero-order chi connectivity index (χ0) is 20.9. The van der Waals surface area contributed by atoms with Crippen LogP contribution >= 0.6 is 0 Å². The third kappa shape index (κ3) is 2.09. The minimum Gasteiger partial charge on any atom is -0.439 e. The first-order valence-electron chi connectivity index (χ1n) is 9.60. The number of imidazole rings is 1. The summed E-state index contributed by atoms with van der Waals surface area (Å²) in [5, 5.41) is 4.33. The lowest BCUT2D eigenvalue weighted by Crippen LogP contribution is -2.45. The number of carbonyl (C=O) groups excluding carboxylic acids is 1. The second-order valence-corrected chi connectivity index (χ2v) is 8.43. The van der Waals surface area contributed by atoms with Gasteiger partial charge < -0.3 is 24.7 Å². The molecule has 3 aliphatic rings. The molecule has 0 amide bonds. The largest absolute Gasteiger partial charge is 0.439 e. The van der Waals surface area contributed by atoms with Crippen LogP contribution in [0.5, 0.6) is 0 Å². The minimum atomic E-state index is -0.906. The molecule has 11 heteroatoms. The van der Waals surface area contributed by atoms with Gasteiger partial charge in [-0.25, -0.2) is 23.8 Å². The van der Waals surface area contributed by atoms with E-state index >= 15 is 0 Å². The van der Waals surface area contributed by atoms with E-state index in [0.717, 1.165) is 5.69 Å². The molecule has 3 aromatic rings. The molecule has 11 nitrogen and oxygen atoms in total. The molecule has 2 N–H and O–H groups in total. The molecule has 1 spiro atoms. The summed E-state index contributed by atoms with van der Waals surface area (Å²) in [4.78, 5) is 20.4. The zero-order valence-corrected chi connectivity index (χ0v) is 16.6. The van der Waals surface area contributed by atoms with Crippen LogP contribution in [-0.2, 0) is 24.5 Å². The summed E-state index contributed by atoms with van der Waals surface area (Å²) in [5.41, 5.74) is 5.61. The molecule has 1 aliphatic carbocycles. The summed E-state index contributed by atoms with van der Waals surface area (Å²) in [6.07, 6.45) is 3.65. The van der Waals surface area contributed by atoms with E-state index < -0.39 is 41.4 Å². The maximum absolute atomic E-state index is 12.5. The average molecular weight is 412 g/mol. The number of nitrogen functional groups attached to an aromatic ring is 1. The van der Waals surface area contributed by atoms with E-state index in [2.05, 4.69) is 15.1 Å². The number of rotatable bonds is 2. The Labute approximate surface area is 170 Å². The number of aromatic nitrogens is 5. The van der Waals surface area contributed by atoms with Gasteiger partial charge in [0.1, 0.15) is 36.0 Å². The van der Waals surface area contributed by atoms with Crippen molar-refractivity contribution in [2.24, 2.45) is 0 Å². The first kappa shape index (κ1) is 17.8. The second-order valence-electron chi connectivity index (χ2n) is 8.43. The van der Waals surface area contributed by atoms with Gasteiger partial charge in [0.15, 0.2) is 23.3 Å². The van der Waals surface area contributed by atoms with Crippen molar-refractivity contribution in [3.05, 3.63) is 42.9 Å². The average Bonchev–Trinajstić information content (AvgIpc) is 3.26. The van der Waals surface area contributed by atoms with E-state index in [-0.39, 0.29) is 0 Å². The number of nitrogens with two attached hydrogens (primary N) is 1. The molecule has 3 aromatic heterocycles. The van der Waals surface area contributed by atoms with Crippen molar-refractivity contribution >= 4 is 17.4 Å². The molecular weight excluding hydrogens is 392 g/mol. The Morgan fingerprint density at radius 2 is 2.10 bits per heavy atom. The van der Waals surface area contributed by atoms with E-state index in [0.29, 0.717) is 11.3 Å². The first-order valence-corrected chi connectivity index (χ1v) is 9.60. The molecule has 2 aliphatic heterocycles. The van der Waals surface area contributed by atoms with Gasteiger partial charge in [-0.2, -0.15) is 5.10 Å². The predicted octanol–water partition coefficient (Wildman–Crippen LogP) is 1.08. The third-order valence-electron chi connectivity index (χ3n) is 6.09. The van der Waals surface area contributed by atoms with Crippen LogP contribution in [0.2, 0.25) is 0 Å². The summed E-state index contributed by atoms with van der Waals surface area (Å²) < 4.78 is 27.6. The van der Waals surface area contributed by atoms with Crippen molar-refractivity contribution in [1.82, 2.24) is 24.1 Å². The van der Waals surface area contributed by atoms with E-state index in [1.807, 2.05) is 32.9 Å². The van der Waals surface area contributed by atoms with Crippen molar-refractivity contribution in [2.45, 2.75) is 56.1 Å². The Morgan fingerprint density at radius 1 is 1.27 bits per heavy atom. The van der Waals surface area contributed by atoms with Gasteiger partial charge in [0.2, 0.25) is 0 Å². The summed E-state index contributed by atoms with van der Waals surface area (Å²) >= 11 is 0. The molecular formula is C19H20N6O5. The van der Waals surface area contributed by atoms with Crippen LogP contribution < -0.4 is 5.73 Å². The van der Waals surface area contributed by atoms with Crippen molar-refractivity contribution < 1.29 is 23.7 Å². The fraction of sp³-hybridized carbons (Fsp3) is 0.474. The Hall–Kier alpha value is -3.02. The molecule has 2 saturated heterocycles. The van der Waals surface area contributed by atoms with Gasteiger partial charge in [0, 0.05) is 12.4 Å². The lowest BCUT2D eigenvalue weighted by atomic mass is 9.91. The molecule has 3 fully saturated rings. The van der Waals surface area contributed by atoms with Gasteiger partial charge in [-0.1, -0.05) is 0 Å². The van der Waals surface area contributed by atoms with E-state index in [4.69, 9.17) is 24.7 Å². The van der Waals surface area contributed by atoms with Gasteiger partial charge in [-0.05, 0) is 32.9 Å². The maximum atomic E-state index is 12.5. The van der Waals surface area contributed by atoms with Crippen LogP contribution in [0.15, 0.2) is 37.2 Å². The topological polar surface area (TPSA) is 128 Å². The number of nitrogens with zero attached hydrogens (tertiary/aromatic N) is 5. The number of hydrogen-bond acceptors (Lipinski definition) is 9. The number of carbonyl (C=O) groups is 1. The number of anilines is 1. The van der Waals surface area contributed by atoms with Crippen LogP contribution in [0.4, 0.5) is 10.6 Å². The highest BCUT2D eigenvalue weighted by Crippen LogP contribution is 2.67. The predicted molar refractivity (Wildman–Crippen MR) is 100 cm³/mol. The fourth-order valence-electron chi connectivity index (χ4n) is 4.85. The van der Waals surface area contributed by atoms with Crippen LogP contribution in [0.1, 0.15) is 26.5 Å². The fourth-order valence-corrected chi connectivity index (χ4v) is 4.85. The lowest BCUT2D eigenvalue weighted by molar-refractivity contribution is -0.196. The van der Waals surface area contributed by atoms with E-state index in [1.54, 1.807) is 4.52 Å². The van der Waals surface area contributed by atoms with Crippen LogP contribution in [0, 0.1) is 0 Å². The summed E-state index contributed by atoms with van der Waals surface area (Å²) in [5.74, 6) is -0.501. The Morgan fingerprint density at radius 3 is 2.87 bits per heavy atom. The van der Waals surface area contributed by atoms with Gasteiger partial charge in [-0.3, -0.25) is 0 Å². The molecule has 1 unspecified atom stereocenters. The number of fused-ring (bicyclic) bond motifs is 1. The van der Waals surface area contributed by atoms with Gasteiger partial charge in [0.05, 0.1) is 5.69 Å². The zero-order valence-electron chi connectivity index (χ0n) is 16.6. The molecule has 0 bridgehead atoms. The normalized spacial score (nSPS) is 35.9. The molecule has 1 saturated carbocycles. The van der Waals surface area contributed by atoms with Crippen molar-refractivity contribution in [3.63, 3.8) is 0 Å². The minimum absolute atomic E-state index is 0.369. The Balaban J connectivity index is 1.38. The lowest BCUT2D eigenvalue weighted by Gasteiger charge is -2.33. The molecule has 0 radical (unpaired) electrons. The monoisotopic (exact) mass is 412 g/mol. The van der Waals surface area contributed by atoms with Crippen LogP contribution in [0.3, 0.4) is 0 Å². The summed E-state index contributed by atoms with van der Waals surface area (Å²) in [6, 6.07) is 3.73. The summed E-state index contributed by atoms with van der Waals surface area (Å²) in [7, 11) is 0. The van der Waals surface area contributed by atoms with Gasteiger partial charge in [0.25, 0.3) is 0 Å². The van der Waals surface area contributed by atoms with Crippen molar-refractivity contribution in [2.75, 3.05) is 5.73 Å². The van der Waals surface area contributed by atoms with Crippen molar-refractivity contribution in [1.29, 1.82) is 0 Å². The highest BCUT2D eigenvalue weighted by atomic mass is 16.8. The number of ether oxygens (including phenoxy) is 4. The smallest absolute Gasteiger partial charge is 0.419 e. The molecule has 6 rings (SSSR count). The molecule has 30 heavy (non-hydrogen) atoms. The third-order valence-corrected chi connectivity index (χ3v) is 6.09. The Kier molecular flexibility index (Phi) is 3.18. The van der Waals surface area contributed by atoms with Crippen LogP contribution in [0.25, 0.3) is 5.52 Å². The quantitative estimate of drug-likeness (QED) is 0.657. The SMILES string of the molecule is CC1(C)O[C@@H]2[C@@]3(O1)C(OC(=O)n1ccnc1)[C@H]3O[C@@]2(C)c1ccc2c(N)ncnn12. The number of hydrogen-bond donors (Lipinski definition) is 1.